The molecule has 0 spiro atoms. The van der Waals surface area contributed by atoms with Crippen LogP contribution in [0.3, 0.4) is 0 Å². The summed E-state index contributed by atoms with van der Waals surface area (Å²) in [5.41, 5.74) is 6.97. The van der Waals surface area contributed by atoms with Crippen LogP contribution >= 0.6 is 0 Å². The fourth-order valence-electron chi connectivity index (χ4n) is 0.763. The summed E-state index contributed by atoms with van der Waals surface area (Å²) in [5, 5.41) is 0. The Morgan fingerprint density at radius 2 is 2.00 bits per heavy atom. The third-order valence-corrected chi connectivity index (χ3v) is 2.29. The monoisotopic (exact) mass is 141 g/mol. The van der Waals surface area contributed by atoms with Gasteiger partial charge >= 0.3 is 0 Å². The Balaban J connectivity index is 3.91. The molecule has 0 aliphatic rings. The quantitative estimate of drug-likeness (QED) is 0.597. The zero-order chi connectivity index (χ0) is 8.20. The van der Waals surface area contributed by atoms with E-state index in [-0.39, 0.29) is 5.41 Å². The normalized spacial score (nSPS) is 11.6. The van der Waals surface area contributed by atoms with E-state index in [0.717, 1.165) is 19.4 Å². The van der Waals surface area contributed by atoms with Crippen molar-refractivity contribution in [2.45, 2.75) is 33.6 Å². The van der Waals surface area contributed by atoms with E-state index in [1.54, 1.807) is 0 Å². The predicted octanol–water partition coefficient (Wildman–Crippen LogP) is 2.33. The molecule has 0 radical (unpaired) electrons. The van der Waals surface area contributed by atoms with E-state index in [2.05, 4.69) is 27.4 Å². The zero-order valence-corrected chi connectivity index (χ0v) is 7.41. The molecule has 0 unspecified atom stereocenters. The summed E-state index contributed by atoms with van der Waals surface area (Å²) in [6.45, 7) is 11.3. The minimum Gasteiger partial charge on any atom is -0.330 e. The molecule has 0 saturated heterocycles. The van der Waals surface area contributed by atoms with E-state index >= 15 is 0 Å². The minimum absolute atomic E-state index is 0.277. The van der Waals surface area contributed by atoms with Gasteiger partial charge in [0.25, 0.3) is 0 Å². The molecular weight excluding hydrogens is 122 g/mol. The number of rotatable bonds is 4. The van der Waals surface area contributed by atoms with E-state index in [1.165, 1.54) is 5.57 Å². The van der Waals surface area contributed by atoms with Crippen molar-refractivity contribution in [3.05, 3.63) is 12.2 Å². The van der Waals surface area contributed by atoms with Gasteiger partial charge in [0.05, 0.1) is 0 Å². The van der Waals surface area contributed by atoms with Crippen LogP contribution in [0.2, 0.25) is 0 Å². The van der Waals surface area contributed by atoms with Crippen molar-refractivity contribution in [2.24, 2.45) is 11.1 Å². The first-order valence-electron chi connectivity index (χ1n) is 3.93. The van der Waals surface area contributed by atoms with Crippen molar-refractivity contribution in [2.75, 3.05) is 6.54 Å². The summed E-state index contributed by atoms with van der Waals surface area (Å²) in [6.07, 6.45) is 2.10. The van der Waals surface area contributed by atoms with Gasteiger partial charge in [-0.25, -0.2) is 0 Å². The lowest BCUT2D eigenvalue weighted by Crippen LogP contribution is -2.15. The van der Waals surface area contributed by atoms with Crippen molar-refractivity contribution in [3.8, 4) is 0 Å². The van der Waals surface area contributed by atoms with Gasteiger partial charge in [0, 0.05) is 0 Å². The zero-order valence-electron chi connectivity index (χ0n) is 7.41. The fourth-order valence-corrected chi connectivity index (χ4v) is 0.763. The maximum absolute atomic E-state index is 5.42. The van der Waals surface area contributed by atoms with Crippen molar-refractivity contribution in [3.63, 3.8) is 0 Å². The van der Waals surface area contributed by atoms with Crippen molar-refractivity contribution in [1.82, 2.24) is 0 Å². The maximum Gasteiger partial charge on any atom is -0.00398 e. The van der Waals surface area contributed by atoms with Crippen LogP contribution in [0.4, 0.5) is 0 Å². The van der Waals surface area contributed by atoms with E-state index in [9.17, 15) is 0 Å². The highest BCUT2D eigenvalue weighted by molar-refractivity contribution is 5.06. The first-order valence-corrected chi connectivity index (χ1v) is 3.93. The SMILES string of the molecule is C=C(CCN)C(C)(C)CC. The molecule has 0 aliphatic carbocycles. The minimum atomic E-state index is 0.277. The first kappa shape index (κ1) is 9.70. The summed E-state index contributed by atoms with van der Waals surface area (Å²) in [5.74, 6) is 0. The van der Waals surface area contributed by atoms with Crippen LogP contribution in [0.1, 0.15) is 33.6 Å². The molecule has 0 bridgehead atoms. The van der Waals surface area contributed by atoms with Crippen molar-refractivity contribution >= 4 is 0 Å². The highest BCUT2D eigenvalue weighted by atomic mass is 14.5. The highest BCUT2D eigenvalue weighted by Crippen LogP contribution is 2.29. The summed E-state index contributed by atoms with van der Waals surface area (Å²) < 4.78 is 0. The van der Waals surface area contributed by atoms with Gasteiger partial charge in [-0.05, 0) is 24.8 Å². The Kier molecular flexibility index (Phi) is 3.66. The summed E-state index contributed by atoms with van der Waals surface area (Å²) in [7, 11) is 0. The standard InChI is InChI=1S/C9H19N/c1-5-9(3,4)8(2)6-7-10/h2,5-7,10H2,1,3-4H3. The Hall–Kier alpha value is -0.300. The maximum atomic E-state index is 5.42. The van der Waals surface area contributed by atoms with Gasteiger partial charge in [0.15, 0.2) is 0 Å². The van der Waals surface area contributed by atoms with Gasteiger partial charge in [0.1, 0.15) is 0 Å². The molecule has 60 valence electrons. The summed E-state index contributed by atoms with van der Waals surface area (Å²) >= 11 is 0. The third-order valence-electron chi connectivity index (χ3n) is 2.29. The van der Waals surface area contributed by atoms with E-state index < -0.39 is 0 Å². The molecule has 0 aliphatic heterocycles. The average molecular weight is 141 g/mol. The molecule has 0 aromatic carbocycles. The molecule has 10 heavy (non-hydrogen) atoms. The molecule has 0 rings (SSSR count). The molecule has 1 nitrogen and oxygen atoms in total. The summed E-state index contributed by atoms with van der Waals surface area (Å²) in [6, 6.07) is 0. The van der Waals surface area contributed by atoms with Gasteiger partial charge in [-0.3, -0.25) is 0 Å². The number of nitrogens with two attached hydrogens (primary N) is 1. The van der Waals surface area contributed by atoms with Crippen LogP contribution in [0.25, 0.3) is 0 Å². The van der Waals surface area contributed by atoms with Crippen LogP contribution in [-0.4, -0.2) is 6.54 Å². The van der Waals surface area contributed by atoms with Crippen molar-refractivity contribution in [1.29, 1.82) is 0 Å². The topological polar surface area (TPSA) is 26.0 Å². The van der Waals surface area contributed by atoms with Gasteiger partial charge < -0.3 is 5.73 Å². The van der Waals surface area contributed by atoms with E-state index in [0.29, 0.717) is 0 Å². The Labute approximate surface area is 64.3 Å². The molecule has 0 saturated carbocycles. The van der Waals surface area contributed by atoms with Crippen LogP contribution in [-0.2, 0) is 0 Å². The molecule has 1 heteroatoms. The van der Waals surface area contributed by atoms with Gasteiger partial charge in [0.2, 0.25) is 0 Å². The average Bonchev–Trinajstić information content (AvgIpc) is 1.89. The van der Waals surface area contributed by atoms with E-state index in [1.807, 2.05) is 0 Å². The number of hydrogen-bond acceptors (Lipinski definition) is 1. The Morgan fingerprint density at radius 3 is 2.30 bits per heavy atom. The Bertz CT molecular complexity index is 114. The second kappa shape index (κ2) is 3.77. The van der Waals surface area contributed by atoms with Crippen molar-refractivity contribution < 1.29 is 0 Å². The second-order valence-corrected chi connectivity index (χ2v) is 3.38. The molecule has 0 heterocycles. The van der Waals surface area contributed by atoms with Crippen LogP contribution in [0, 0.1) is 5.41 Å². The molecule has 0 amide bonds. The predicted molar refractivity (Wildman–Crippen MR) is 46.9 cm³/mol. The molecule has 0 aromatic rings. The lowest BCUT2D eigenvalue weighted by molar-refractivity contribution is 0.417. The van der Waals surface area contributed by atoms with Crippen LogP contribution in [0.5, 0.6) is 0 Å². The Morgan fingerprint density at radius 1 is 1.50 bits per heavy atom. The molecule has 0 aromatic heterocycles. The molecule has 0 fully saturated rings. The fraction of sp³-hybridized carbons (Fsp3) is 0.778. The third kappa shape index (κ3) is 2.53. The van der Waals surface area contributed by atoms with Crippen LogP contribution < -0.4 is 5.73 Å². The van der Waals surface area contributed by atoms with Gasteiger partial charge in [-0.15, -0.1) is 0 Å². The van der Waals surface area contributed by atoms with Crippen LogP contribution in [0.15, 0.2) is 12.2 Å². The first-order chi connectivity index (χ1) is 4.54. The van der Waals surface area contributed by atoms with Gasteiger partial charge in [-0.2, -0.15) is 0 Å². The summed E-state index contributed by atoms with van der Waals surface area (Å²) in [4.78, 5) is 0. The lowest BCUT2D eigenvalue weighted by atomic mass is 9.81. The number of hydrogen-bond donors (Lipinski definition) is 1. The van der Waals surface area contributed by atoms with E-state index in [4.69, 9.17) is 5.73 Å². The smallest absolute Gasteiger partial charge is 0.00398 e. The molecule has 2 N–H and O–H groups in total. The van der Waals surface area contributed by atoms with Gasteiger partial charge in [-0.1, -0.05) is 32.9 Å². The largest absolute Gasteiger partial charge is 0.330 e. The molecule has 0 atom stereocenters. The highest BCUT2D eigenvalue weighted by Gasteiger charge is 2.17. The second-order valence-electron chi connectivity index (χ2n) is 3.38. The lowest BCUT2D eigenvalue weighted by Gasteiger charge is -2.25. The molecular formula is C9H19N.